The fraction of sp³-hybridized carbons (Fsp3) is 0.750. The second kappa shape index (κ2) is 26.0. The quantitative estimate of drug-likeness (QED) is 0.0574. The van der Waals surface area contributed by atoms with Crippen molar-refractivity contribution in [3.05, 3.63) is 35.5 Å². The van der Waals surface area contributed by atoms with Gasteiger partial charge in [0.05, 0.1) is 44.3 Å². The minimum Gasteiger partial charge on any atom is -0.394 e. The number of nitrogens with one attached hydrogen (secondary N) is 3. The maximum atomic E-state index is 14.3. The number of amides is 4. The Hall–Kier alpha value is -4.50. The van der Waals surface area contributed by atoms with Crippen molar-refractivity contribution in [2.24, 2.45) is 5.92 Å². The van der Waals surface area contributed by atoms with Crippen molar-refractivity contribution in [3.63, 3.8) is 0 Å². The summed E-state index contributed by atoms with van der Waals surface area (Å²) in [5, 5.41) is 103. The van der Waals surface area contributed by atoms with E-state index in [2.05, 4.69) is 26.3 Å². The molecule has 1 aromatic heterocycles. The number of hydrogen-bond donors (Lipinski definition) is 11. The second-order valence-electron chi connectivity index (χ2n) is 20.0. The summed E-state index contributed by atoms with van der Waals surface area (Å²) >= 11 is 0. The van der Waals surface area contributed by atoms with Crippen LogP contribution in [-0.2, 0) is 52.3 Å². The number of rotatable bonds is 20. The summed E-state index contributed by atoms with van der Waals surface area (Å²) in [6.07, 6.45) is -21.4. The van der Waals surface area contributed by atoms with Gasteiger partial charge in [-0.15, -0.1) is 5.10 Å². The Labute approximate surface area is 435 Å². The standard InChI is InChI=1S/C48H71F2N7O19/c1-6-8-29(45(69)56-10-7-11-56)72-43-34(53-23(5)61)46(74-32(19-59)38(43)64)73-30-16-25(15-27(52-22(4)60)42(30)76-48-41(67)40(66)36(62)21(3)71-48)44(68)51-9-12-70-47-39(65)35(37(63)31(18-58)75-47)57-17-28(54-55-57)24-13-20(2)33(50)26(49)14-24/h13-14,17,21,25,27,29-32,34-43,46-48,58-59,62-67H,6-12,15-16,18-19H2,1-5H3,(H,51,68)(H,52,60)(H,53,61)/t21?,25?,27?,29-,30+,31?,32-,34?,35?,36+,37+,38-,39?,40-,41?,42+,43?,46+,47-,48-/m0/s1. The molecule has 7 rings (SSSR count). The lowest BCUT2D eigenvalue weighted by molar-refractivity contribution is -0.335. The maximum Gasteiger partial charge on any atom is 0.251 e. The highest BCUT2D eigenvalue weighted by Gasteiger charge is 2.54. The normalized spacial score (nSPS) is 36.2. The van der Waals surface area contributed by atoms with Gasteiger partial charge >= 0.3 is 0 Å². The second-order valence-corrected chi connectivity index (χ2v) is 20.0. The molecule has 5 fully saturated rings. The molecule has 1 aliphatic carbocycles. The molecule has 4 amide bonds. The summed E-state index contributed by atoms with van der Waals surface area (Å²) < 4.78 is 72.1. The lowest BCUT2D eigenvalue weighted by atomic mass is 9.80. The number of benzene rings is 1. The molecule has 0 spiro atoms. The van der Waals surface area contributed by atoms with Crippen LogP contribution in [0.15, 0.2) is 18.3 Å². The zero-order chi connectivity index (χ0) is 55.3. The number of likely N-dealkylation sites (tertiary alicyclic amines) is 1. The van der Waals surface area contributed by atoms with Gasteiger partial charge in [-0.25, -0.2) is 13.5 Å². The van der Waals surface area contributed by atoms with E-state index in [-0.39, 0.29) is 55.1 Å². The molecule has 1 saturated carbocycles. The molecule has 28 heteroatoms. The number of halogens is 2. The van der Waals surface area contributed by atoms with E-state index >= 15 is 0 Å². The third-order valence-corrected chi connectivity index (χ3v) is 14.4. The molecule has 1 aromatic carbocycles. The molecule has 11 N–H and O–H groups in total. The summed E-state index contributed by atoms with van der Waals surface area (Å²) in [5.41, 5.74) is 0.236. The van der Waals surface area contributed by atoms with Crippen molar-refractivity contribution < 1.29 is 102 Å². The first-order chi connectivity index (χ1) is 36.1. The highest BCUT2D eigenvalue weighted by Crippen LogP contribution is 2.37. The zero-order valence-corrected chi connectivity index (χ0v) is 42.7. The average Bonchev–Trinajstić information content (AvgIpc) is 3.85. The third-order valence-electron chi connectivity index (χ3n) is 14.4. The number of nitrogens with zero attached hydrogens (tertiary/aromatic N) is 4. The Morgan fingerprint density at radius 2 is 1.51 bits per heavy atom. The highest BCUT2D eigenvalue weighted by molar-refractivity contribution is 5.81. The smallest absolute Gasteiger partial charge is 0.251 e. The Bertz CT molecular complexity index is 2280. The van der Waals surface area contributed by atoms with E-state index in [4.69, 9.17) is 33.2 Å². The number of hydrogen-bond acceptors (Lipinski definition) is 21. The lowest BCUT2D eigenvalue weighted by Gasteiger charge is -2.49. The van der Waals surface area contributed by atoms with Gasteiger partial charge in [-0.3, -0.25) is 19.2 Å². The van der Waals surface area contributed by atoms with E-state index in [9.17, 15) is 68.8 Å². The van der Waals surface area contributed by atoms with Crippen LogP contribution >= 0.6 is 0 Å². The summed E-state index contributed by atoms with van der Waals surface area (Å²) in [6.45, 7) is 5.92. The van der Waals surface area contributed by atoms with Gasteiger partial charge in [-0.2, -0.15) is 0 Å². The fourth-order valence-electron chi connectivity index (χ4n) is 10.2. The molecule has 4 saturated heterocycles. The number of aliphatic hydroxyl groups is 8. The Morgan fingerprint density at radius 3 is 2.14 bits per heavy atom. The minimum atomic E-state index is -1.83. The van der Waals surface area contributed by atoms with Crippen molar-refractivity contribution >= 4 is 23.6 Å². The van der Waals surface area contributed by atoms with Gasteiger partial charge in [0.1, 0.15) is 84.9 Å². The van der Waals surface area contributed by atoms with Crippen LogP contribution in [0.1, 0.15) is 71.4 Å². The molecule has 2 aromatic rings. The van der Waals surface area contributed by atoms with Crippen LogP contribution in [0.5, 0.6) is 0 Å². The molecule has 5 aliphatic rings. The fourth-order valence-corrected chi connectivity index (χ4v) is 10.2. The number of aryl methyl sites for hydroxylation is 1. The van der Waals surface area contributed by atoms with E-state index in [1.54, 1.807) is 4.90 Å². The van der Waals surface area contributed by atoms with E-state index in [0.29, 0.717) is 19.5 Å². The van der Waals surface area contributed by atoms with Gasteiger partial charge in [0, 0.05) is 45.0 Å². The summed E-state index contributed by atoms with van der Waals surface area (Å²) in [4.78, 5) is 55.2. The summed E-state index contributed by atoms with van der Waals surface area (Å²) in [7, 11) is 0. The number of aliphatic hydroxyl groups excluding tert-OH is 8. The van der Waals surface area contributed by atoms with Gasteiger partial charge in [-0.05, 0) is 57.2 Å². The Morgan fingerprint density at radius 1 is 0.829 bits per heavy atom. The van der Waals surface area contributed by atoms with Crippen LogP contribution in [0.4, 0.5) is 8.78 Å². The van der Waals surface area contributed by atoms with Crippen LogP contribution < -0.4 is 16.0 Å². The van der Waals surface area contributed by atoms with Crippen LogP contribution in [0.3, 0.4) is 0 Å². The van der Waals surface area contributed by atoms with Crippen LogP contribution in [-0.4, -0.2) is 234 Å². The van der Waals surface area contributed by atoms with Gasteiger partial charge in [-0.1, -0.05) is 18.6 Å². The number of aromatic nitrogens is 3. The SMILES string of the molecule is CCC[C@H](OC1C(NC(C)=O)[C@H](O[C@@H]2CC(C(=O)NCCO[C@H]3OC(CO)[C@@H](O)C(n4cc(-c5cc(C)c(F)c(F)c5)nn4)C3O)CC(NC(C)=O)[C@H]2O[C@@H]2OC(C)[C@@H](O)[C@H](O)C2O)O[C@@H](CO)[C@@H]1O)C(=O)N1CCC1. The topological polar surface area (TPSA) is 365 Å². The third kappa shape index (κ3) is 13.3. The largest absolute Gasteiger partial charge is 0.394 e. The van der Waals surface area contributed by atoms with E-state index in [1.165, 1.54) is 40.0 Å². The molecular weight excluding hydrogens is 1020 g/mol. The number of carbonyl (C=O) groups excluding carboxylic acids is 4. The monoisotopic (exact) mass is 1090 g/mol. The molecule has 9 unspecified atom stereocenters. The van der Waals surface area contributed by atoms with E-state index < -0.39 is 165 Å². The molecule has 426 valence electrons. The molecule has 76 heavy (non-hydrogen) atoms. The average molecular weight is 1090 g/mol. The molecule has 4 aliphatic heterocycles. The predicted octanol–water partition coefficient (Wildman–Crippen LogP) is -3.47. The summed E-state index contributed by atoms with van der Waals surface area (Å²) in [6, 6.07) is -1.61. The van der Waals surface area contributed by atoms with Crippen molar-refractivity contribution in [2.45, 2.75) is 183 Å². The van der Waals surface area contributed by atoms with Crippen LogP contribution in [0, 0.1) is 24.5 Å². The first-order valence-electron chi connectivity index (χ1n) is 25.5. The van der Waals surface area contributed by atoms with E-state index in [0.717, 1.165) is 17.2 Å². The molecular formula is C48H71F2N7O19. The predicted molar refractivity (Wildman–Crippen MR) is 252 cm³/mol. The van der Waals surface area contributed by atoms with Gasteiger partial charge in [0.25, 0.3) is 5.91 Å². The first-order valence-corrected chi connectivity index (χ1v) is 25.5. The molecule has 26 nitrogen and oxygen atoms in total. The highest BCUT2D eigenvalue weighted by atomic mass is 19.2. The first kappa shape index (κ1) is 59.2. The van der Waals surface area contributed by atoms with E-state index in [1.807, 2.05) is 6.92 Å². The van der Waals surface area contributed by atoms with Gasteiger partial charge in [0.15, 0.2) is 30.5 Å². The van der Waals surface area contributed by atoms with Crippen molar-refractivity contribution in [2.75, 3.05) is 39.5 Å². The minimum absolute atomic E-state index is 0.000287. The Kier molecular flexibility index (Phi) is 20.2. The number of carbonyl (C=O) groups is 4. The van der Waals surface area contributed by atoms with Crippen molar-refractivity contribution in [1.82, 2.24) is 35.8 Å². The van der Waals surface area contributed by atoms with Gasteiger partial charge < -0.3 is 94.9 Å². The zero-order valence-electron chi connectivity index (χ0n) is 42.7. The molecule has 0 radical (unpaired) electrons. The molecule has 20 atom stereocenters. The van der Waals surface area contributed by atoms with Gasteiger partial charge in [0.2, 0.25) is 17.7 Å². The van der Waals surface area contributed by atoms with Crippen molar-refractivity contribution in [3.8, 4) is 11.3 Å². The van der Waals surface area contributed by atoms with Crippen molar-refractivity contribution in [1.29, 1.82) is 0 Å². The maximum absolute atomic E-state index is 14.3. The number of ether oxygens (including phenoxy) is 7. The Balaban J connectivity index is 1.10. The lowest BCUT2D eigenvalue weighted by Crippen LogP contribution is -2.68. The molecule has 5 heterocycles. The van der Waals surface area contributed by atoms with Crippen LogP contribution in [0.25, 0.3) is 11.3 Å². The molecule has 0 bridgehead atoms. The summed E-state index contributed by atoms with van der Waals surface area (Å²) in [5.74, 6) is -5.39. The van der Waals surface area contributed by atoms with Crippen LogP contribution in [0.2, 0.25) is 0 Å².